The number of rotatable bonds is 4. The van der Waals surface area contributed by atoms with Crippen LogP contribution in [-0.2, 0) is 9.59 Å². The van der Waals surface area contributed by atoms with Crippen LogP contribution < -0.4 is 10.6 Å². The number of anilines is 1. The fraction of sp³-hybridized carbons (Fsp3) is 0.333. The number of carbonyl (C=O) groups is 2. The molecule has 5 heteroatoms. The Morgan fingerprint density at radius 2 is 1.94 bits per heavy atom. The Morgan fingerprint density at radius 3 is 2.47 bits per heavy atom. The maximum absolute atomic E-state index is 11.7. The fourth-order valence-electron chi connectivity index (χ4n) is 1.44. The minimum Gasteiger partial charge on any atom is -0.480 e. The van der Waals surface area contributed by atoms with E-state index in [2.05, 4.69) is 10.6 Å². The maximum Gasteiger partial charge on any atom is 0.330 e. The molecule has 0 bridgehead atoms. The molecule has 0 aliphatic carbocycles. The van der Waals surface area contributed by atoms with Gasteiger partial charge < -0.3 is 10.4 Å². The Kier molecular flexibility index (Phi) is 4.23. The maximum atomic E-state index is 11.7. The molecule has 0 radical (unpaired) electrons. The summed E-state index contributed by atoms with van der Waals surface area (Å²) in [6.07, 6.45) is 0. The van der Waals surface area contributed by atoms with Crippen molar-refractivity contribution in [3.05, 3.63) is 29.3 Å². The number of amides is 1. The van der Waals surface area contributed by atoms with Gasteiger partial charge in [-0.3, -0.25) is 10.1 Å². The van der Waals surface area contributed by atoms with Crippen LogP contribution >= 0.6 is 0 Å². The third kappa shape index (κ3) is 3.29. The van der Waals surface area contributed by atoms with Crippen LogP contribution in [0.15, 0.2) is 18.2 Å². The van der Waals surface area contributed by atoms with Crippen molar-refractivity contribution < 1.29 is 14.7 Å². The summed E-state index contributed by atoms with van der Waals surface area (Å²) in [5.74, 6) is -1.77. The molecule has 1 unspecified atom stereocenters. The summed E-state index contributed by atoms with van der Waals surface area (Å²) in [4.78, 5) is 22.5. The Labute approximate surface area is 99.8 Å². The first-order valence-corrected chi connectivity index (χ1v) is 5.24. The molecule has 0 spiro atoms. The molecule has 0 aliphatic rings. The van der Waals surface area contributed by atoms with Gasteiger partial charge in [0.25, 0.3) is 5.91 Å². The standard InChI is InChI=1S/C12H16N2O3/c1-7-4-5-8(2)9(6-7)14-11(15)10(13-3)12(16)17/h4-6,10,13H,1-3H3,(H,14,15)(H,16,17). The molecular weight excluding hydrogens is 220 g/mol. The lowest BCUT2D eigenvalue weighted by Crippen LogP contribution is -2.44. The second kappa shape index (κ2) is 5.45. The van der Waals surface area contributed by atoms with Crippen molar-refractivity contribution in [3.63, 3.8) is 0 Å². The average Bonchev–Trinajstić information content (AvgIpc) is 2.24. The van der Waals surface area contributed by atoms with E-state index in [4.69, 9.17) is 5.11 Å². The lowest BCUT2D eigenvalue weighted by molar-refractivity contribution is -0.142. The first-order chi connectivity index (χ1) is 7.95. The Balaban J connectivity index is 2.87. The van der Waals surface area contributed by atoms with E-state index in [1.807, 2.05) is 32.0 Å². The number of carboxylic acid groups (broad SMARTS) is 1. The number of aliphatic carboxylic acids is 1. The van der Waals surface area contributed by atoms with Crippen LogP contribution in [0.25, 0.3) is 0 Å². The van der Waals surface area contributed by atoms with Crippen LogP contribution in [0.3, 0.4) is 0 Å². The quantitative estimate of drug-likeness (QED) is 0.679. The Hall–Kier alpha value is -1.88. The van der Waals surface area contributed by atoms with E-state index >= 15 is 0 Å². The van der Waals surface area contributed by atoms with Gasteiger partial charge in [-0.25, -0.2) is 4.79 Å². The van der Waals surface area contributed by atoms with Crippen molar-refractivity contribution >= 4 is 17.6 Å². The van der Waals surface area contributed by atoms with Gasteiger partial charge >= 0.3 is 5.97 Å². The number of likely N-dealkylation sites (N-methyl/N-ethyl adjacent to an activating group) is 1. The first kappa shape index (κ1) is 13.2. The number of carboxylic acids is 1. The lowest BCUT2D eigenvalue weighted by atomic mass is 10.1. The molecule has 1 aromatic rings. The zero-order valence-corrected chi connectivity index (χ0v) is 10.1. The van der Waals surface area contributed by atoms with E-state index < -0.39 is 17.9 Å². The monoisotopic (exact) mass is 236 g/mol. The summed E-state index contributed by atoms with van der Waals surface area (Å²) < 4.78 is 0. The molecule has 1 rings (SSSR count). The predicted octanol–water partition coefficient (Wildman–Crippen LogP) is 0.915. The van der Waals surface area contributed by atoms with Gasteiger partial charge in [-0.15, -0.1) is 0 Å². The predicted molar refractivity (Wildman–Crippen MR) is 65.0 cm³/mol. The van der Waals surface area contributed by atoms with Crippen molar-refractivity contribution in [1.82, 2.24) is 5.32 Å². The Bertz CT molecular complexity index is 443. The molecule has 0 fully saturated rings. The number of hydrogen-bond acceptors (Lipinski definition) is 3. The zero-order valence-electron chi connectivity index (χ0n) is 10.1. The van der Waals surface area contributed by atoms with Crippen LogP contribution in [-0.4, -0.2) is 30.1 Å². The number of aryl methyl sites for hydroxylation is 2. The van der Waals surface area contributed by atoms with Crippen LogP contribution in [0, 0.1) is 13.8 Å². The molecular formula is C12H16N2O3. The fourth-order valence-corrected chi connectivity index (χ4v) is 1.44. The van der Waals surface area contributed by atoms with Crippen molar-refractivity contribution in [2.45, 2.75) is 19.9 Å². The zero-order chi connectivity index (χ0) is 13.0. The molecule has 17 heavy (non-hydrogen) atoms. The average molecular weight is 236 g/mol. The first-order valence-electron chi connectivity index (χ1n) is 5.24. The highest BCUT2D eigenvalue weighted by atomic mass is 16.4. The summed E-state index contributed by atoms with van der Waals surface area (Å²) in [6, 6.07) is 4.37. The van der Waals surface area contributed by atoms with Crippen molar-refractivity contribution in [3.8, 4) is 0 Å². The topological polar surface area (TPSA) is 78.4 Å². The van der Waals surface area contributed by atoms with Crippen molar-refractivity contribution in [2.75, 3.05) is 12.4 Å². The third-order valence-electron chi connectivity index (χ3n) is 2.45. The van der Waals surface area contributed by atoms with E-state index in [-0.39, 0.29) is 0 Å². The van der Waals surface area contributed by atoms with Gasteiger partial charge in [-0.05, 0) is 38.1 Å². The van der Waals surface area contributed by atoms with Crippen molar-refractivity contribution in [1.29, 1.82) is 0 Å². The number of benzene rings is 1. The molecule has 0 aliphatic heterocycles. The molecule has 1 aromatic carbocycles. The summed E-state index contributed by atoms with van der Waals surface area (Å²) in [5, 5.41) is 13.9. The molecule has 92 valence electrons. The second-order valence-electron chi connectivity index (χ2n) is 3.87. The highest BCUT2D eigenvalue weighted by Gasteiger charge is 2.24. The van der Waals surface area contributed by atoms with Crippen LogP contribution in [0.4, 0.5) is 5.69 Å². The van der Waals surface area contributed by atoms with Crippen LogP contribution in [0.5, 0.6) is 0 Å². The highest BCUT2D eigenvalue weighted by molar-refractivity contribution is 6.08. The molecule has 3 N–H and O–H groups in total. The van der Waals surface area contributed by atoms with Crippen molar-refractivity contribution in [2.24, 2.45) is 0 Å². The molecule has 0 saturated carbocycles. The van der Waals surface area contributed by atoms with E-state index in [1.165, 1.54) is 7.05 Å². The summed E-state index contributed by atoms with van der Waals surface area (Å²) >= 11 is 0. The molecule has 1 atom stereocenters. The normalized spacial score (nSPS) is 11.9. The largest absolute Gasteiger partial charge is 0.480 e. The van der Waals surface area contributed by atoms with E-state index in [9.17, 15) is 9.59 Å². The SMILES string of the molecule is CNC(C(=O)O)C(=O)Nc1cc(C)ccc1C. The summed E-state index contributed by atoms with van der Waals surface area (Å²) in [7, 11) is 1.43. The number of nitrogens with one attached hydrogen (secondary N) is 2. The third-order valence-corrected chi connectivity index (χ3v) is 2.45. The molecule has 0 heterocycles. The van der Waals surface area contributed by atoms with Gasteiger partial charge in [0.1, 0.15) is 0 Å². The minimum absolute atomic E-state index is 0.575. The summed E-state index contributed by atoms with van der Waals surface area (Å²) in [6.45, 7) is 3.76. The smallest absolute Gasteiger partial charge is 0.330 e. The summed E-state index contributed by atoms with van der Waals surface area (Å²) in [5.41, 5.74) is 2.53. The molecule has 1 amide bonds. The van der Waals surface area contributed by atoms with Gasteiger partial charge in [0.2, 0.25) is 0 Å². The number of hydrogen-bond donors (Lipinski definition) is 3. The van der Waals surface area contributed by atoms with Gasteiger partial charge in [0, 0.05) is 5.69 Å². The van der Waals surface area contributed by atoms with E-state index in [0.717, 1.165) is 11.1 Å². The van der Waals surface area contributed by atoms with Gasteiger partial charge in [0.05, 0.1) is 0 Å². The molecule has 0 aromatic heterocycles. The Morgan fingerprint density at radius 1 is 1.29 bits per heavy atom. The van der Waals surface area contributed by atoms with Crippen LogP contribution in [0.1, 0.15) is 11.1 Å². The number of carbonyl (C=O) groups excluding carboxylic acids is 1. The lowest BCUT2D eigenvalue weighted by Gasteiger charge is -2.13. The molecule has 0 saturated heterocycles. The van der Waals surface area contributed by atoms with Gasteiger partial charge in [-0.2, -0.15) is 0 Å². The van der Waals surface area contributed by atoms with Crippen LogP contribution in [0.2, 0.25) is 0 Å². The highest BCUT2D eigenvalue weighted by Crippen LogP contribution is 2.16. The van der Waals surface area contributed by atoms with E-state index in [0.29, 0.717) is 5.69 Å². The van der Waals surface area contributed by atoms with Gasteiger partial charge in [0.15, 0.2) is 6.04 Å². The minimum atomic E-state index is -1.24. The van der Waals surface area contributed by atoms with Gasteiger partial charge in [-0.1, -0.05) is 12.1 Å². The van der Waals surface area contributed by atoms with E-state index in [1.54, 1.807) is 0 Å². The molecule has 5 nitrogen and oxygen atoms in total. The second-order valence-corrected chi connectivity index (χ2v) is 3.87.